The quantitative estimate of drug-likeness (QED) is 0.810. The van der Waals surface area contributed by atoms with Crippen molar-refractivity contribution in [2.45, 2.75) is 26.7 Å². The number of hydrogen-bond donors (Lipinski definition) is 2. The number of carboxylic acids is 1. The number of aliphatic carboxylic acids is 1. The minimum Gasteiger partial charge on any atom is -0.481 e. The lowest BCUT2D eigenvalue weighted by Crippen LogP contribution is -2.20. The summed E-state index contributed by atoms with van der Waals surface area (Å²) in [6.45, 7) is 3.60. The molecule has 0 bridgehead atoms. The second-order valence-corrected chi connectivity index (χ2v) is 5.55. The van der Waals surface area contributed by atoms with Crippen LogP contribution >= 0.6 is 0 Å². The van der Waals surface area contributed by atoms with Gasteiger partial charge in [-0.3, -0.25) is 14.3 Å². The number of amides is 1. The molecule has 0 saturated carbocycles. The highest BCUT2D eigenvalue weighted by atomic mass is 16.5. The second-order valence-electron chi connectivity index (χ2n) is 5.55. The molecule has 0 fully saturated rings. The van der Waals surface area contributed by atoms with E-state index in [-0.39, 0.29) is 18.9 Å². The van der Waals surface area contributed by atoms with E-state index in [1.54, 1.807) is 28.9 Å². The Bertz CT molecular complexity index is 735. The lowest BCUT2D eigenvalue weighted by molar-refractivity contribution is -0.137. The van der Waals surface area contributed by atoms with Gasteiger partial charge in [-0.1, -0.05) is 12.1 Å². The van der Waals surface area contributed by atoms with Gasteiger partial charge in [0.2, 0.25) is 0 Å². The van der Waals surface area contributed by atoms with E-state index in [1.807, 2.05) is 20.9 Å². The molecule has 0 radical (unpaired) electrons. The molecule has 2 N–H and O–H groups in total. The molecule has 128 valence electrons. The second kappa shape index (κ2) is 7.63. The summed E-state index contributed by atoms with van der Waals surface area (Å²) in [6, 6.07) is 7.09. The number of rotatable bonds is 7. The standard InChI is InChI=1S/C17H21N3O4/c1-11-17(12(2)20(3)19-11)24-10-15(21)18-14-7-4-13(5-8-14)6-9-16(22)23/h4-5,7-8H,6,9-10H2,1-3H3,(H,18,21)(H,22,23). The summed E-state index contributed by atoms with van der Waals surface area (Å²) in [5, 5.41) is 15.6. The first-order valence-corrected chi connectivity index (χ1v) is 7.60. The average molecular weight is 331 g/mol. The van der Waals surface area contributed by atoms with E-state index in [0.717, 1.165) is 17.0 Å². The predicted octanol–water partition coefficient (Wildman–Crippen LogP) is 2.07. The summed E-state index contributed by atoms with van der Waals surface area (Å²) in [5.41, 5.74) is 3.16. The molecule has 1 amide bonds. The van der Waals surface area contributed by atoms with Crippen LogP contribution in [-0.4, -0.2) is 33.4 Å². The number of anilines is 1. The Kier molecular flexibility index (Phi) is 5.57. The fourth-order valence-corrected chi connectivity index (χ4v) is 2.30. The molecular weight excluding hydrogens is 310 g/mol. The molecule has 24 heavy (non-hydrogen) atoms. The molecule has 0 aliphatic heterocycles. The highest BCUT2D eigenvalue weighted by Crippen LogP contribution is 2.21. The van der Waals surface area contributed by atoms with Crippen LogP contribution in [0.15, 0.2) is 24.3 Å². The Labute approximate surface area is 140 Å². The summed E-state index contributed by atoms with van der Waals surface area (Å²) >= 11 is 0. The van der Waals surface area contributed by atoms with Crippen molar-refractivity contribution in [3.63, 3.8) is 0 Å². The van der Waals surface area contributed by atoms with Crippen LogP contribution in [0.2, 0.25) is 0 Å². The first kappa shape index (κ1) is 17.5. The summed E-state index contributed by atoms with van der Waals surface area (Å²) < 4.78 is 7.26. The van der Waals surface area contributed by atoms with Crippen molar-refractivity contribution in [3.8, 4) is 5.75 Å². The minimum absolute atomic E-state index is 0.0867. The molecule has 1 heterocycles. The Morgan fingerprint density at radius 2 is 1.92 bits per heavy atom. The van der Waals surface area contributed by atoms with E-state index < -0.39 is 5.97 Å². The van der Waals surface area contributed by atoms with Gasteiger partial charge in [0.15, 0.2) is 12.4 Å². The molecule has 0 saturated heterocycles. The fourth-order valence-electron chi connectivity index (χ4n) is 2.30. The largest absolute Gasteiger partial charge is 0.481 e. The highest BCUT2D eigenvalue weighted by molar-refractivity contribution is 5.91. The zero-order valence-electron chi connectivity index (χ0n) is 14.0. The Morgan fingerprint density at radius 1 is 1.25 bits per heavy atom. The number of aryl methyl sites for hydroxylation is 3. The summed E-state index contributed by atoms with van der Waals surface area (Å²) in [5.74, 6) is -0.474. The number of ether oxygens (including phenoxy) is 1. The number of carboxylic acid groups (broad SMARTS) is 1. The summed E-state index contributed by atoms with van der Waals surface area (Å²) in [4.78, 5) is 22.5. The molecule has 0 atom stereocenters. The molecular formula is C17H21N3O4. The normalized spacial score (nSPS) is 10.5. The van der Waals surface area contributed by atoms with Crippen molar-refractivity contribution in [2.75, 3.05) is 11.9 Å². The van der Waals surface area contributed by atoms with Gasteiger partial charge in [0.05, 0.1) is 5.69 Å². The van der Waals surface area contributed by atoms with Gasteiger partial charge in [-0.15, -0.1) is 0 Å². The molecule has 2 rings (SSSR count). The van der Waals surface area contributed by atoms with Gasteiger partial charge >= 0.3 is 5.97 Å². The van der Waals surface area contributed by atoms with Crippen LogP contribution in [0.5, 0.6) is 5.75 Å². The maximum Gasteiger partial charge on any atom is 0.303 e. The molecule has 0 unspecified atom stereocenters. The van der Waals surface area contributed by atoms with Crippen LogP contribution in [0, 0.1) is 13.8 Å². The maximum absolute atomic E-state index is 12.0. The fraction of sp³-hybridized carbons (Fsp3) is 0.353. The lowest BCUT2D eigenvalue weighted by Gasteiger charge is -2.08. The molecule has 0 aliphatic carbocycles. The van der Waals surface area contributed by atoms with E-state index in [0.29, 0.717) is 17.9 Å². The van der Waals surface area contributed by atoms with Crippen molar-refractivity contribution in [1.29, 1.82) is 0 Å². The van der Waals surface area contributed by atoms with Crippen LogP contribution in [-0.2, 0) is 23.1 Å². The zero-order chi connectivity index (χ0) is 17.7. The monoisotopic (exact) mass is 331 g/mol. The van der Waals surface area contributed by atoms with E-state index in [2.05, 4.69) is 10.4 Å². The molecule has 1 aromatic heterocycles. The smallest absolute Gasteiger partial charge is 0.303 e. The van der Waals surface area contributed by atoms with Crippen molar-refractivity contribution >= 4 is 17.6 Å². The summed E-state index contributed by atoms with van der Waals surface area (Å²) in [6.07, 6.45) is 0.551. The topological polar surface area (TPSA) is 93.5 Å². The Balaban J connectivity index is 1.87. The van der Waals surface area contributed by atoms with Crippen molar-refractivity contribution < 1.29 is 19.4 Å². The van der Waals surface area contributed by atoms with Crippen LogP contribution in [0.4, 0.5) is 5.69 Å². The number of nitrogens with zero attached hydrogens (tertiary/aromatic N) is 2. The van der Waals surface area contributed by atoms with Gasteiger partial charge in [-0.25, -0.2) is 0 Å². The number of benzene rings is 1. The third-order valence-electron chi connectivity index (χ3n) is 3.66. The molecule has 0 aliphatic rings. The summed E-state index contributed by atoms with van der Waals surface area (Å²) in [7, 11) is 1.82. The van der Waals surface area contributed by atoms with Gasteiger partial charge in [0, 0.05) is 19.2 Å². The van der Waals surface area contributed by atoms with E-state index >= 15 is 0 Å². The third-order valence-corrected chi connectivity index (χ3v) is 3.66. The molecule has 0 spiro atoms. The number of aromatic nitrogens is 2. The molecule has 7 heteroatoms. The SMILES string of the molecule is Cc1nn(C)c(C)c1OCC(=O)Nc1ccc(CCC(=O)O)cc1. The van der Waals surface area contributed by atoms with Gasteiger partial charge in [-0.05, 0) is 38.0 Å². The number of hydrogen-bond acceptors (Lipinski definition) is 4. The van der Waals surface area contributed by atoms with Crippen LogP contribution in [0.1, 0.15) is 23.4 Å². The van der Waals surface area contributed by atoms with Crippen molar-refractivity contribution in [2.24, 2.45) is 7.05 Å². The molecule has 2 aromatic rings. The minimum atomic E-state index is -0.828. The first-order valence-electron chi connectivity index (χ1n) is 7.60. The number of nitrogens with one attached hydrogen (secondary N) is 1. The average Bonchev–Trinajstić information content (AvgIpc) is 2.77. The van der Waals surface area contributed by atoms with E-state index in [1.165, 1.54) is 0 Å². The van der Waals surface area contributed by atoms with Crippen molar-refractivity contribution in [1.82, 2.24) is 9.78 Å². The number of carbonyl (C=O) groups is 2. The zero-order valence-corrected chi connectivity index (χ0v) is 14.0. The van der Waals surface area contributed by atoms with Gasteiger partial charge in [0.1, 0.15) is 5.69 Å². The first-order chi connectivity index (χ1) is 11.4. The van der Waals surface area contributed by atoms with E-state index in [9.17, 15) is 9.59 Å². The highest BCUT2D eigenvalue weighted by Gasteiger charge is 2.12. The van der Waals surface area contributed by atoms with Crippen LogP contribution < -0.4 is 10.1 Å². The van der Waals surface area contributed by atoms with Crippen molar-refractivity contribution in [3.05, 3.63) is 41.2 Å². The Morgan fingerprint density at radius 3 is 2.46 bits per heavy atom. The maximum atomic E-state index is 12.0. The molecule has 7 nitrogen and oxygen atoms in total. The predicted molar refractivity (Wildman–Crippen MR) is 89.2 cm³/mol. The van der Waals surface area contributed by atoms with Gasteiger partial charge in [-0.2, -0.15) is 5.10 Å². The van der Waals surface area contributed by atoms with Gasteiger partial charge in [0.25, 0.3) is 5.91 Å². The Hall–Kier alpha value is -2.83. The van der Waals surface area contributed by atoms with Gasteiger partial charge < -0.3 is 15.2 Å². The lowest BCUT2D eigenvalue weighted by atomic mass is 10.1. The third kappa shape index (κ3) is 4.58. The van der Waals surface area contributed by atoms with Crippen LogP contribution in [0.3, 0.4) is 0 Å². The van der Waals surface area contributed by atoms with E-state index in [4.69, 9.17) is 9.84 Å². The van der Waals surface area contributed by atoms with Crippen LogP contribution in [0.25, 0.3) is 0 Å². The molecule has 1 aromatic carbocycles. The number of carbonyl (C=O) groups excluding carboxylic acids is 1.